The Labute approximate surface area is 138 Å². The van der Waals surface area contributed by atoms with Crippen LogP contribution in [0.15, 0.2) is 35.5 Å². The van der Waals surface area contributed by atoms with Crippen molar-refractivity contribution < 1.29 is 8.42 Å². The van der Waals surface area contributed by atoms with Crippen LogP contribution in [0.1, 0.15) is 57.5 Å². The summed E-state index contributed by atoms with van der Waals surface area (Å²) in [6, 6.07) is 7.23. The molecule has 23 heavy (non-hydrogen) atoms. The molecule has 0 radical (unpaired) electrons. The molecule has 0 aliphatic heterocycles. The molecule has 1 aromatic carbocycles. The summed E-state index contributed by atoms with van der Waals surface area (Å²) >= 11 is 0. The lowest BCUT2D eigenvalue weighted by molar-refractivity contribution is 0.549. The average Bonchev–Trinajstić information content (AvgIpc) is 3.01. The lowest BCUT2D eigenvalue weighted by atomic mass is 9.99. The minimum absolute atomic E-state index is 0.119. The van der Waals surface area contributed by atoms with Crippen molar-refractivity contribution in [1.82, 2.24) is 19.5 Å². The van der Waals surface area contributed by atoms with E-state index in [1.54, 1.807) is 18.5 Å². The molecule has 2 rings (SSSR count). The number of rotatable bonds is 7. The Kier molecular flexibility index (Phi) is 5.54. The first-order valence-corrected chi connectivity index (χ1v) is 9.31. The third-order valence-electron chi connectivity index (χ3n) is 4.00. The van der Waals surface area contributed by atoms with Gasteiger partial charge in [-0.1, -0.05) is 26.0 Å². The molecule has 0 spiro atoms. The van der Waals surface area contributed by atoms with Gasteiger partial charge in [-0.2, -0.15) is 0 Å². The molecule has 0 bridgehead atoms. The van der Waals surface area contributed by atoms with E-state index in [0.29, 0.717) is 11.7 Å². The van der Waals surface area contributed by atoms with Crippen LogP contribution in [-0.4, -0.2) is 23.2 Å². The van der Waals surface area contributed by atoms with Crippen molar-refractivity contribution >= 4 is 10.0 Å². The average molecular weight is 336 g/mol. The van der Waals surface area contributed by atoms with Crippen LogP contribution in [0.3, 0.4) is 0 Å². The number of nitrogens with one attached hydrogen (secondary N) is 1. The van der Waals surface area contributed by atoms with Gasteiger partial charge in [0.25, 0.3) is 0 Å². The molecule has 7 heteroatoms. The molecule has 1 atom stereocenters. The number of aromatic nitrogens is 3. The summed E-state index contributed by atoms with van der Waals surface area (Å²) in [5, 5.41) is 7.80. The first-order valence-electron chi connectivity index (χ1n) is 7.83. The Morgan fingerprint density at radius 3 is 2.39 bits per heavy atom. The summed E-state index contributed by atoms with van der Waals surface area (Å²) in [5.74, 6) is 1.02. The smallest absolute Gasteiger partial charge is 0.240 e. The van der Waals surface area contributed by atoms with Crippen LogP contribution in [0.25, 0.3) is 0 Å². The van der Waals surface area contributed by atoms with Crippen molar-refractivity contribution in [3.63, 3.8) is 0 Å². The molecule has 126 valence electrons. The normalized spacial score (nSPS) is 13.4. The maximum absolute atomic E-state index is 12.4. The minimum atomic E-state index is -3.56. The van der Waals surface area contributed by atoms with Crippen molar-refractivity contribution in [2.75, 3.05) is 0 Å². The van der Waals surface area contributed by atoms with Crippen molar-refractivity contribution in [3.8, 4) is 0 Å². The third-order valence-corrected chi connectivity index (χ3v) is 5.41. The highest BCUT2D eigenvalue weighted by Gasteiger charge is 2.16. The Hall–Kier alpha value is -1.73. The zero-order valence-electron chi connectivity index (χ0n) is 14.0. The maximum atomic E-state index is 12.4. The first-order chi connectivity index (χ1) is 10.8. The van der Waals surface area contributed by atoms with E-state index in [9.17, 15) is 8.42 Å². The van der Waals surface area contributed by atoms with Gasteiger partial charge in [0, 0.05) is 6.04 Å². The fourth-order valence-corrected chi connectivity index (χ4v) is 3.26. The van der Waals surface area contributed by atoms with Gasteiger partial charge in [0.1, 0.15) is 12.2 Å². The van der Waals surface area contributed by atoms with Crippen molar-refractivity contribution in [1.29, 1.82) is 0 Å². The van der Waals surface area contributed by atoms with Gasteiger partial charge in [-0.3, -0.25) is 0 Å². The van der Waals surface area contributed by atoms with Crippen LogP contribution < -0.4 is 4.72 Å². The van der Waals surface area contributed by atoms with Gasteiger partial charge in [0.15, 0.2) is 0 Å². The fraction of sp³-hybridized carbons (Fsp3) is 0.500. The van der Waals surface area contributed by atoms with Gasteiger partial charge in [-0.15, -0.1) is 10.2 Å². The Bertz CT molecular complexity index is 736. The summed E-state index contributed by atoms with van der Waals surface area (Å²) in [7, 11) is -3.56. The second-order valence-corrected chi connectivity index (χ2v) is 7.72. The molecule has 0 aliphatic carbocycles. The topological polar surface area (TPSA) is 76.9 Å². The largest absolute Gasteiger partial charge is 0.314 e. The molecule has 2 aromatic rings. The Morgan fingerprint density at radius 2 is 1.83 bits per heavy atom. The highest BCUT2D eigenvalue weighted by atomic mass is 32.2. The monoisotopic (exact) mass is 336 g/mol. The molecule has 0 saturated carbocycles. The number of nitrogens with zero attached hydrogens (tertiary/aromatic N) is 3. The van der Waals surface area contributed by atoms with Gasteiger partial charge in [-0.05, 0) is 43.9 Å². The van der Waals surface area contributed by atoms with Gasteiger partial charge in [0.05, 0.1) is 11.4 Å². The van der Waals surface area contributed by atoms with Gasteiger partial charge in [-0.25, -0.2) is 13.1 Å². The second kappa shape index (κ2) is 7.23. The van der Waals surface area contributed by atoms with Gasteiger partial charge >= 0.3 is 0 Å². The van der Waals surface area contributed by atoms with E-state index in [2.05, 4.69) is 28.8 Å². The number of hydrogen-bond donors (Lipinski definition) is 1. The van der Waals surface area contributed by atoms with E-state index < -0.39 is 10.0 Å². The first kappa shape index (κ1) is 17.6. The zero-order chi connectivity index (χ0) is 17.0. The lowest BCUT2D eigenvalue weighted by Crippen LogP contribution is -2.25. The Morgan fingerprint density at radius 1 is 1.17 bits per heavy atom. The number of benzene rings is 1. The highest BCUT2D eigenvalue weighted by Crippen LogP contribution is 2.20. The van der Waals surface area contributed by atoms with Crippen LogP contribution >= 0.6 is 0 Å². The van der Waals surface area contributed by atoms with E-state index in [1.165, 1.54) is 0 Å². The second-order valence-electron chi connectivity index (χ2n) is 5.95. The quantitative estimate of drug-likeness (QED) is 0.843. The van der Waals surface area contributed by atoms with Crippen molar-refractivity contribution in [2.24, 2.45) is 0 Å². The molecule has 0 amide bonds. The van der Waals surface area contributed by atoms with Crippen LogP contribution in [0.5, 0.6) is 0 Å². The SMILES string of the molecule is CCC(C)c1ccc(S(=O)(=O)NCc2nncn2C(C)C)cc1. The molecular formula is C16H24N4O2S. The van der Waals surface area contributed by atoms with Gasteiger partial charge in [0.2, 0.25) is 10.0 Å². The molecule has 1 N–H and O–H groups in total. The molecule has 1 heterocycles. The molecular weight excluding hydrogens is 312 g/mol. The molecule has 1 unspecified atom stereocenters. The van der Waals surface area contributed by atoms with Crippen molar-refractivity contribution in [3.05, 3.63) is 42.0 Å². The highest BCUT2D eigenvalue weighted by molar-refractivity contribution is 7.89. The summed E-state index contributed by atoms with van der Waals surface area (Å²) in [6.07, 6.45) is 2.63. The predicted molar refractivity (Wildman–Crippen MR) is 89.6 cm³/mol. The van der Waals surface area contributed by atoms with Crippen LogP contribution in [0, 0.1) is 0 Å². The van der Waals surface area contributed by atoms with Crippen LogP contribution in [0.4, 0.5) is 0 Å². The van der Waals surface area contributed by atoms with E-state index in [4.69, 9.17) is 0 Å². The van der Waals surface area contributed by atoms with E-state index in [-0.39, 0.29) is 17.5 Å². The minimum Gasteiger partial charge on any atom is -0.314 e. The van der Waals surface area contributed by atoms with E-state index in [0.717, 1.165) is 12.0 Å². The summed E-state index contributed by atoms with van der Waals surface area (Å²) in [5.41, 5.74) is 1.14. The zero-order valence-corrected chi connectivity index (χ0v) is 14.8. The maximum Gasteiger partial charge on any atom is 0.240 e. The standard InChI is InChI=1S/C16H24N4O2S/c1-5-13(4)14-6-8-15(9-7-14)23(21,22)18-10-16-19-17-11-20(16)12(2)3/h6-9,11-13,18H,5,10H2,1-4H3. The van der Waals surface area contributed by atoms with E-state index >= 15 is 0 Å². The predicted octanol–water partition coefficient (Wildman–Crippen LogP) is 2.85. The lowest BCUT2D eigenvalue weighted by Gasteiger charge is -2.12. The molecule has 6 nitrogen and oxygen atoms in total. The number of hydrogen-bond acceptors (Lipinski definition) is 4. The summed E-state index contributed by atoms with van der Waals surface area (Å²) < 4.78 is 29.2. The van der Waals surface area contributed by atoms with Crippen LogP contribution in [0.2, 0.25) is 0 Å². The molecule has 0 saturated heterocycles. The van der Waals surface area contributed by atoms with Gasteiger partial charge < -0.3 is 4.57 Å². The number of sulfonamides is 1. The fourth-order valence-electron chi connectivity index (χ4n) is 2.28. The van der Waals surface area contributed by atoms with Crippen molar-refractivity contribution in [2.45, 2.75) is 57.5 Å². The van der Waals surface area contributed by atoms with E-state index in [1.807, 2.05) is 30.5 Å². The molecule has 0 aliphatic rings. The summed E-state index contributed by atoms with van der Waals surface area (Å²) in [6.45, 7) is 8.35. The summed E-state index contributed by atoms with van der Waals surface area (Å²) in [4.78, 5) is 0.264. The van der Waals surface area contributed by atoms with Crippen LogP contribution in [-0.2, 0) is 16.6 Å². The third kappa shape index (κ3) is 4.17. The molecule has 1 aromatic heterocycles. The Balaban J connectivity index is 2.11. The molecule has 0 fully saturated rings.